The van der Waals surface area contributed by atoms with E-state index in [4.69, 9.17) is 0 Å². The van der Waals surface area contributed by atoms with Gasteiger partial charge in [0.25, 0.3) is 0 Å². The molecule has 0 spiro atoms. The molecule has 2 nitrogen and oxygen atoms in total. The molecule has 0 amide bonds. The lowest BCUT2D eigenvalue weighted by Gasteiger charge is -2.21. The molecule has 0 radical (unpaired) electrons. The molecule has 2 heteroatoms. The zero-order valence-electron chi connectivity index (χ0n) is 22.5. The first-order valence-corrected chi connectivity index (χ1v) is 13.0. The van der Waals surface area contributed by atoms with Crippen LogP contribution in [-0.2, 0) is 13.1 Å². The summed E-state index contributed by atoms with van der Waals surface area (Å²) in [5.74, 6) is 2.00. The molecule has 0 aromatic heterocycles. The van der Waals surface area contributed by atoms with Gasteiger partial charge in [-0.2, -0.15) is 0 Å². The molecule has 3 aromatic rings. The Morgan fingerprint density at radius 1 is 0.441 bits per heavy atom. The third kappa shape index (κ3) is 6.23. The Bertz CT molecular complexity index is 920. The summed E-state index contributed by atoms with van der Waals surface area (Å²) in [4.78, 5) is 0. The van der Waals surface area contributed by atoms with E-state index in [-0.39, 0.29) is 0 Å². The maximum Gasteiger partial charge on any atom is 0.0413 e. The van der Waals surface area contributed by atoms with Crippen molar-refractivity contribution in [2.75, 3.05) is 10.6 Å². The number of anilines is 2. The molecule has 0 unspecified atom stereocenters. The summed E-state index contributed by atoms with van der Waals surface area (Å²) in [5.41, 5.74) is 10.8. The van der Waals surface area contributed by atoms with E-state index in [0.29, 0.717) is 23.7 Å². The highest BCUT2D eigenvalue weighted by Crippen LogP contribution is 2.34. The van der Waals surface area contributed by atoms with Gasteiger partial charge in [-0.05, 0) is 57.1 Å². The van der Waals surface area contributed by atoms with E-state index in [0.717, 1.165) is 13.1 Å². The minimum Gasteiger partial charge on any atom is -0.381 e. The van der Waals surface area contributed by atoms with Gasteiger partial charge in [-0.15, -0.1) is 0 Å². The van der Waals surface area contributed by atoms with Gasteiger partial charge < -0.3 is 10.6 Å². The molecule has 0 heterocycles. The smallest absolute Gasteiger partial charge is 0.0413 e. The van der Waals surface area contributed by atoms with E-state index < -0.39 is 0 Å². The van der Waals surface area contributed by atoms with E-state index in [1.165, 1.54) is 44.8 Å². The fraction of sp³-hybridized carbons (Fsp3) is 0.438. The molecule has 2 N–H and O–H groups in total. The minimum atomic E-state index is 0.499. The molecule has 0 aliphatic heterocycles. The SMILES string of the molecule is CC(C)c1cccc(C(C)C)c1NCc1ccc(CNc2c(C(C)C)cccc2C(C)C)cc1. The van der Waals surface area contributed by atoms with Gasteiger partial charge in [0.05, 0.1) is 0 Å². The van der Waals surface area contributed by atoms with Gasteiger partial charge in [-0.3, -0.25) is 0 Å². The fourth-order valence-electron chi connectivity index (χ4n) is 4.67. The van der Waals surface area contributed by atoms with Crippen LogP contribution in [0.25, 0.3) is 0 Å². The Kier molecular flexibility index (Phi) is 8.83. The minimum absolute atomic E-state index is 0.499. The van der Waals surface area contributed by atoms with Crippen molar-refractivity contribution in [1.29, 1.82) is 0 Å². The summed E-state index contributed by atoms with van der Waals surface area (Å²) in [5, 5.41) is 7.52. The Morgan fingerprint density at radius 2 is 0.706 bits per heavy atom. The van der Waals surface area contributed by atoms with Gasteiger partial charge in [0.1, 0.15) is 0 Å². The largest absolute Gasteiger partial charge is 0.381 e. The van der Waals surface area contributed by atoms with E-state index >= 15 is 0 Å². The molecule has 3 aromatic carbocycles. The van der Waals surface area contributed by atoms with Crippen LogP contribution in [0.15, 0.2) is 60.7 Å². The van der Waals surface area contributed by atoms with Gasteiger partial charge in [-0.25, -0.2) is 0 Å². The lowest BCUT2D eigenvalue weighted by atomic mass is 9.92. The van der Waals surface area contributed by atoms with Crippen molar-refractivity contribution in [2.24, 2.45) is 0 Å². The van der Waals surface area contributed by atoms with Crippen LogP contribution in [0.4, 0.5) is 11.4 Å². The predicted octanol–water partition coefficient (Wildman–Crippen LogP) is 9.40. The molecule has 34 heavy (non-hydrogen) atoms. The second-order valence-corrected chi connectivity index (χ2v) is 10.8. The Hall–Kier alpha value is -2.74. The van der Waals surface area contributed by atoms with Crippen LogP contribution in [0, 0.1) is 0 Å². The van der Waals surface area contributed by atoms with Gasteiger partial charge >= 0.3 is 0 Å². The van der Waals surface area contributed by atoms with E-state index in [9.17, 15) is 0 Å². The summed E-state index contributed by atoms with van der Waals surface area (Å²) >= 11 is 0. The second kappa shape index (κ2) is 11.6. The summed E-state index contributed by atoms with van der Waals surface area (Å²) in [6.07, 6.45) is 0. The standard InChI is InChI=1S/C32H44N2/c1-21(2)27-11-9-12-28(22(3)4)31(27)33-19-25-15-17-26(18-16-25)20-34-32-29(23(5)6)13-10-14-30(32)24(7)8/h9-18,21-24,33-34H,19-20H2,1-8H3. The van der Waals surface area contributed by atoms with Crippen molar-refractivity contribution in [3.8, 4) is 0 Å². The number of rotatable bonds is 10. The first-order chi connectivity index (χ1) is 16.2. The molecule has 0 aliphatic carbocycles. The topological polar surface area (TPSA) is 24.1 Å². The first kappa shape index (κ1) is 25.9. The highest BCUT2D eigenvalue weighted by Gasteiger charge is 2.15. The summed E-state index contributed by atoms with van der Waals surface area (Å²) in [6, 6.07) is 22.5. The van der Waals surface area contributed by atoms with Crippen LogP contribution in [0.2, 0.25) is 0 Å². The predicted molar refractivity (Wildman–Crippen MR) is 150 cm³/mol. The van der Waals surface area contributed by atoms with Crippen LogP contribution >= 0.6 is 0 Å². The molecule has 3 rings (SSSR count). The van der Waals surface area contributed by atoms with Gasteiger partial charge in [0.2, 0.25) is 0 Å². The van der Waals surface area contributed by atoms with Crippen LogP contribution in [-0.4, -0.2) is 0 Å². The van der Waals surface area contributed by atoms with Crippen LogP contribution in [0.3, 0.4) is 0 Å². The average Bonchev–Trinajstić information content (AvgIpc) is 2.81. The molecular formula is C32H44N2. The molecule has 0 bridgehead atoms. The third-order valence-corrected chi connectivity index (χ3v) is 6.71. The zero-order valence-corrected chi connectivity index (χ0v) is 22.5. The number of hydrogen-bond donors (Lipinski definition) is 2. The Morgan fingerprint density at radius 3 is 0.941 bits per heavy atom. The zero-order chi connectivity index (χ0) is 24.8. The Balaban J connectivity index is 1.71. The average molecular weight is 457 g/mol. The van der Waals surface area contributed by atoms with E-state index in [1.54, 1.807) is 0 Å². The number of benzene rings is 3. The van der Waals surface area contributed by atoms with Crippen LogP contribution in [0.5, 0.6) is 0 Å². The van der Waals surface area contributed by atoms with Gasteiger partial charge in [-0.1, -0.05) is 116 Å². The van der Waals surface area contributed by atoms with Crippen molar-refractivity contribution in [3.63, 3.8) is 0 Å². The van der Waals surface area contributed by atoms with Gasteiger partial charge in [0.15, 0.2) is 0 Å². The molecule has 0 fully saturated rings. The van der Waals surface area contributed by atoms with Crippen molar-refractivity contribution in [2.45, 2.75) is 92.2 Å². The maximum absolute atomic E-state index is 3.76. The normalized spacial score (nSPS) is 11.6. The molecule has 0 saturated heterocycles. The molecule has 0 atom stereocenters. The van der Waals surface area contributed by atoms with Crippen molar-refractivity contribution >= 4 is 11.4 Å². The van der Waals surface area contributed by atoms with Crippen molar-refractivity contribution in [3.05, 3.63) is 94.0 Å². The monoisotopic (exact) mass is 456 g/mol. The highest BCUT2D eigenvalue weighted by molar-refractivity contribution is 5.61. The molecule has 0 aliphatic rings. The molecule has 182 valence electrons. The van der Waals surface area contributed by atoms with Crippen molar-refractivity contribution in [1.82, 2.24) is 0 Å². The van der Waals surface area contributed by atoms with Crippen molar-refractivity contribution < 1.29 is 0 Å². The van der Waals surface area contributed by atoms with E-state index in [1.807, 2.05) is 0 Å². The summed E-state index contributed by atoms with van der Waals surface area (Å²) < 4.78 is 0. The molecular weight excluding hydrogens is 412 g/mol. The second-order valence-electron chi connectivity index (χ2n) is 10.8. The maximum atomic E-state index is 3.76. The van der Waals surface area contributed by atoms with Gasteiger partial charge in [0, 0.05) is 24.5 Å². The molecule has 0 saturated carbocycles. The lowest BCUT2D eigenvalue weighted by Crippen LogP contribution is -2.09. The number of hydrogen-bond acceptors (Lipinski definition) is 2. The quantitative estimate of drug-likeness (QED) is 0.317. The summed E-state index contributed by atoms with van der Waals surface area (Å²) in [6.45, 7) is 19.9. The van der Waals surface area contributed by atoms with Crippen LogP contribution in [0.1, 0.15) is 112 Å². The Labute approximate surface area is 208 Å². The first-order valence-electron chi connectivity index (χ1n) is 13.0. The van der Waals surface area contributed by atoms with E-state index in [2.05, 4.69) is 127 Å². The number of para-hydroxylation sites is 2. The third-order valence-electron chi connectivity index (χ3n) is 6.71. The lowest BCUT2D eigenvalue weighted by molar-refractivity contribution is 0.832. The number of nitrogens with one attached hydrogen (secondary N) is 2. The fourth-order valence-corrected chi connectivity index (χ4v) is 4.67. The highest BCUT2D eigenvalue weighted by atomic mass is 14.9. The van der Waals surface area contributed by atoms with Crippen LogP contribution < -0.4 is 10.6 Å². The summed E-state index contributed by atoms with van der Waals surface area (Å²) in [7, 11) is 0.